The van der Waals surface area contributed by atoms with Crippen LogP contribution in [0.3, 0.4) is 0 Å². The third kappa shape index (κ3) is 4.85. The van der Waals surface area contributed by atoms with Crippen molar-refractivity contribution >= 4 is 18.0 Å². The van der Waals surface area contributed by atoms with Gasteiger partial charge in [0.1, 0.15) is 12.6 Å². The van der Waals surface area contributed by atoms with Gasteiger partial charge in [-0.25, -0.2) is 4.79 Å². The number of methoxy groups -OCH3 is 1. The number of carboxylic acid groups (broad SMARTS) is 1. The number of alkyl carbamates (subject to hydrolysis) is 1. The molecule has 33 heavy (non-hydrogen) atoms. The number of ether oxygens (including phenoxy) is 2. The highest BCUT2D eigenvalue weighted by Gasteiger charge is 2.47. The first kappa shape index (κ1) is 22.8. The molecule has 2 aromatic rings. The Balaban J connectivity index is 1.41. The number of fused-ring (bicyclic) bond motifs is 3. The molecule has 2 atom stereocenters. The second kappa shape index (κ2) is 9.23. The fourth-order valence-corrected chi connectivity index (χ4v) is 4.42. The van der Waals surface area contributed by atoms with Crippen molar-refractivity contribution in [3.05, 3.63) is 59.7 Å². The second-order valence-electron chi connectivity index (χ2n) is 8.73. The first-order chi connectivity index (χ1) is 15.8. The maximum Gasteiger partial charge on any atom is 0.407 e. The number of benzene rings is 2. The van der Waals surface area contributed by atoms with Crippen molar-refractivity contribution in [1.82, 2.24) is 10.6 Å². The largest absolute Gasteiger partial charge is 0.481 e. The zero-order valence-electron chi connectivity index (χ0n) is 18.7. The molecule has 8 heteroatoms. The summed E-state index contributed by atoms with van der Waals surface area (Å²) >= 11 is 0. The van der Waals surface area contributed by atoms with Crippen LogP contribution in [0.1, 0.15) is 43.2 Å². The smallest absolute Gasteiger partial charge is 0.407 e. The number of hydrogen-bond acceptors (Lipinski definition) is 5. The predicted octanol–water partition coefficient (Wildman–Crippen LogP) is 3.05. The summed E-state index contributed by atoms with van der Waals surface area (Å²) in [5.74, 6) is -1.56. The number of aliphatic carboxylic acids is 1. The van der Waals surface area contributed by atoms with Gasteiger partial charge in [-0.2, -0.15) is 0 Å². The van der Waals surface area contributed by atoms with E-state index in [1.54, 1.807) is 6.92 Å². The van der Waals surface area contributed by atoms with Crippen molar-refractivity contribution in [2.24, 2.45) is 0 Å². The molecule has 2 aliphatic carbocycles. The van der Waals surface area contributed by atoms with Crippen LogP contribution in [-0.4, -0.2) is 54.5 Å². The van der Waals surface area contributed by atoms with Gasteiger partial charge in [-0.15, -0.1) is 0 Å². The standard InChI is InChI=1S/C25H28N2O6/c1-15(32-2)22(23(30)27-25(11-12-25)13-21(28)29)26-24(31)33-14-20-18-9-5-3-7-16(18)17-8-4-6-10-19(17)20/h3-10,15,20,22H,11-14H2,1-2H3,(H,26,31)(H,27,30)(H,28,29). The van der Waals surface area contributed by atoms with Gasteiger partial charge in [0.15, 0.2) is 0 Å². The van der Waals surface area contributed by atoms with E-state index >= 15 is 0 Å². The van der Waals surface area contributed by atoms with Gasteiger partial charge in [0.25, 0.3) is 0 Å². The normalized spacial score (nSPS) is 17.3. The number of carboxylic acids is 1. The van der Waals surface area contributed by atoms with Crippen LogP contribution in [0.4, 0.5) is 4.79 Å². The zero-order chi connectivity index (χ0) is 23.6. The van der Waals surface area contributed by atoms with Crippen LogP contribution >= 0.6 is 0 Å². The average molecular weight is 453 g/mol. The number of carbonyl (C=O) groups excluding carboxylic acids is 2. The van der Waals surface area contributed by atoms with Crippen molar-refractivity contribution in [2.75, 3.05) is 13.7 Å². The molecule has 0 heterocycles. The van der Waals surface area contributed by atoms with Crippen molar-refractivity contribution < 1.29 is 29.0 Å². The lowest BCUT2D eigenvalue weighted by Gasteiger charge is -2.26. The van der Waals surface area contributed by atoms with Crippen LogP contribution < -0.4 is 10.6 Å². The van der Waals surface area contributed by atoms with Crippen LogP contribution in [-0.2, 0) is 19.1 Å². The molecule has 0 spiro atoms. The lowest BCUT2D eigenvalue weighted by Crippen LogP contribution is -2.56. The van der Waals surface area contributed by atoms with E-state index in [4.69, 9.17) is 14.6 Å². The minimum Gasteiger partial charge on any atom is -0.481 e. The second-order valence-corrected chi connectivity index (χ2v) is 8.73. The summed E-state index contributed by atoms with van der Waals surface area (Å²) in [4.78, 5) is 36.6. The summed E-state index contributed by atoms with van der Waals surface area (Å²) in [5, 5.41) is 14.5. The molecule has 0 aromatic heterocycles. The molecule has 2 unspecified atom stereocenters. The molecule has 2 aliphatic rings. The van der Waals surface area contributed by atoms with E-state index in [-0.39, 0.29) is 18.9 Å². The van der Waals surface area contributed by atoms with Gasteiger partial charge in [0.05, 0.1) is 18.1 Å². The maximum absolute atomic E-state index is 12.8. The SMILES string of the molecule is COC(C)C(NC(=O)OCC1c2ccccc2-c2ccccc21)C(=O)NC1(CC(=O)O)CC1. The molecule has 174 valence electrons. The number of nitrogens with one attached hydrogen (secondary N) is 2. The van der Waals surface area contributed by atoms with Crippen LogP contribution in [0.2, 0.25) is 0 Å². The van der Waals surface area contributed by atoms with Crippen molar-refractivity contribution in [3.8, 4) is 11.1 Å². The molecule has 0 saturated heterocycles. The number of amides is 2. The fraction of sp³-hybridized carbons (Fsp3) is 0.400. The molecule has 3 N–H and O–H groups in total. The minimum atomic E-state index is -1.02. The zero-order valence-corrected chi connectivity index (χ0v) is 18.7. The van der Waals surface area contributed by atoms with Gasteiger partial charge in [0.2, 0.25) is 5.91 Å². The van der Waals surface area contributed by atoms with E-state index in [0.29, 0.717) is 12.8 Å². The topological polar surface area (TPSA) is 114 Å². The summed E-state index contributed by atoms with van der Waals surface area (Å²) in [6, 6.07) is 15.0. The Labute approximate surface area is 192 Å². The predicted molar refractivity (Wildman–Crippen MR) is 121 cm³/mol. The summed E-state index contributed by atoms with van der Waals surface area (Å²) in [6.07, 6.45) is -0.346. The molecule has 2 amide bonds. The minimum absolute atomic E-state index is 0.0967. The Morgan fingerprint density at radius 3 is 2.15 bits per heavy atom. The highest BCUT2D eigenvalue weighted by atomic mass is 16.5. The molecule has 0 radical (unpaired) electrons. The van der Waals surface area contributed by atoms with Gasteiger partial charge >= 0.3 is 12.1 Å². The van der Waals surface area contributed by atoms with Crippen LogP contribution in [0.25, 0.3) is 11.1 Å². The summed E-state index contributed by atoms with van der Waals surface area (Å²) < 4.78 is 10.8. The van der Waals surface area contributed by atoms with Crippen molar-refractivity contribution in [1.29, 1.82) is 0 Å². The maximum atomic E-state index is 12.8. The quantitative estimate of drug-likeness (QED) is 0.539. The lowest BCUT2D eigenvalue weighted by molar-refractivity contribution is -0.138. The van der Waals surface area contributed by atoms with Crippen molar-refractivity contribution in [2.45, 2.75) is 49.8 Å². The van der Waals surface area contributed by atoms with E-state index in [2.05, 4.69) is 22.8 Å². The first-order valence-electron chi connectivity index (χ1n) is 11.0. The van der Waals surface area contributed by atoms with Crippen LogP contribution in [0, 0.1) is 0 Å². The number of rotatable bonds is 9. The third-order valence-electron chi connectivity index (χ3n) is 6.47. The van der Waals surface area contributed by atoms with Crippen LogP contribution in [0.5, 0.6) is 0 Å². The molecule has 0 aliphatic heterocycles. The Morgan fingerprint density at radius 1 is 1.06 bits per heavy atom. The molecule has 1 fully saturated rings. The summed E-state index contributed by atoms with van der Waals surface area (Å²) in [7, 11) is 1.44. The highest BCUT2D eigenvalue weighted by molar-refractivity contribution is 5.88. The summed E-state index contributed by atoms with van der Waals surface area (Å²) in [5.41, 5.74) is 3.68. The van der Waals surface area contributed by atoms with Gasteiger partial charge in [-0.05, 0) is 42.0 Å². The lowest BCUT2D eigenvalue weighted by atomic mass is 9.98. The molecule has 0 bridgehead atoms. The van der Waals surface area contributed by atoms with Gasteiger partial charge < -0.3 is 25.2 Å². The fourth-order valence-electron chi connectivity index (χ4n) is 4.42. The van der Waals surface area contributed by atoms with Crippen molar-refractivity contribution in [3.63, 3.8) is 0 Å². The number of hydrogen-bond donors (Lipinski definition) is 3. The Kier molecular flexibility index (Phi) is 6.37. The Hall–Kier alpha value is -3.39. The van der Waals surface area contributed by atoms with E-state index in [1.807, 2.05) is 36.4 Å². The molecule has 1 saturated carbocycles. The van der Waals surface area contributed by atoms with Gasteiger partial charge in [-0.3, -0.25) is 9.59 Å². The Bertz CT molecular complexity index is 1020. The van der Waals surface area contributed by atoms with E-state index in [9.17, 15) is 14.4 Å². The summed E-state index contributed by atoms with van der Waals surface area (Å²) in [6.45, 7) is 1.78. The monoisotopic (exact) mass is 452 g/mol. The Morgan fingerprint density at radius 2 is 1.64 bits per heavy atom. The molecular weight excluding hydrogens is 424 g/mol. The molecule has 8 nitrogen and oxygen atoms in total. The highest BCUT2D eigenvalue weighted by Crippen LogP contribution is 2.44. The molecular formula is C25H28N2O6. The van der Waals surface area contributed by atoms with E-state index in [0.717, 1.165) is 22.3 Å². The number of carbonyl (C=O) groups is 3. The van der Waals surface area contributed by atoms with Crippen LogP contribution in [0.15, 0.2) is 48.5 Å². The molecule has 4 rings (SSSR count). The van der Waals surface area contributed by atoms with E-state index in [1.165, 1.54) is 7.11 Å². The van der Waals surface area contributed by atoms with Gasteiger partial charge in [0, 0.05) is 13.0 Å². The molecule has 2 aromatic carbocycles. The van der Waals surface area contributed by atoms with E-state index < -0.39 is 35.7 Å². The van der Waals surface area contributed by atoms with Gasteiger partial charge in [-0.1, -0.05) is 48.5 Å². The average Bonchev–Trinajstić information content (AvgIpc) is 3.46. The third-order valence-corrected chi connectivity index (χ3v) is 6.47. The first-order valence-corrected chi connectivity index (χ1v) is 11.0.